The van der Waals surface area contributed by atoms with Gasteiger partial charge < -0.3 is 19.5 Å². The lowest BCUT2D eigenvalue weighted by Crippen LogP contribution is -2.30. The maximum atomic E-state index is 12.2. The Hall–Kier alpha value is -2.44. The number of hydrogen-bond donors (Lipinski definition) is 1. The van der Waals surface area contributed by atoms with Crippen LogP contribution < -0.4 is 14.8 Å². The van der Waals surface area contributed by atoms with Crippen molar-refractivity contribution < 1.29 is 23.8 Å². The number of fused-ring (bicyclic) bond motifs is 1. The molecule has 0 saturated heterocycles. The second-order valence-corrected chi connectivity index (χ2v) is 6.43. The monoisotopic (exact) mass is 395 g/mol. The first kappa shape index (κ1) is 18.4. The van der Waals surface area contributed by atoms with E-state index in [1.165, 1.54) is 6.92 Å². The largest absolute Gasteiger partial charge is 0.454 e. The van der Waals surface area contributed by atoms with E-state index >= 15 is 0 Å². The zero-order valence-electron chi connectivity index (χ0n) is 13.8. The number of amides is 1. The van der Waals surface area contributed by atoms with Crippen LogP contribution in [0.1, 0.15) is 12.5 Å². The topological polar surface area (TPSA) is 73.9 Å². The molecule has 1 aliphatic rings. The Morgan fingerprint density at radius 2 is 1.88 bits per heavy atom. The number of ether oxygens (including phenoxy) is 3. The maximum Gasteiger partial charge on any atom is 0.311 e. The van der Waals surface area contributed by atoms with Crippen molar-refractivity contribution in [1.82, 2.24) is 0 Å². The average molecular weight is 396 g/mol. The van der Waals surface area contributed by atoms with Gasteiger partial charge in [0.15, 0.2) is 17.6 Å². The lowest BCUT2D eigenvalue weighted by atomic mass is 10.1. The molecule has 2 aromatic carbocycles. The highest BCUT2D eigenvalue weighted by Gasteiger charge is 2.20. The fourth-order valence-corrected chi connectivity index (χ4v) is 2.65. The summed E-state index contributed by atoms with van der Waals surface area (Å²) in [6, 6.07) is 9.87. The molecule has 1 heterocycles. The van der Waals surface area contributed by atoms with E-state index in [0.29, 0.717) is 32.8 Å². The number of esters is 1. The van der Waals surface area contributed by atoms with Crippen LogP contribution in [-0.4, -0.2) is 24.8 Å². The smallest absolute Gasteiger partial charge is 0.311 e. The molecule has 2 aromatic rings. The SMILES string of the molecule is CC(OC(=O)Cc1ccc(Cl)c(Cl)c1)C(=O)Nc1ccc2c(c1)OCO2. The van der Waals surface area contributed by atoms with Gasteiger partial charge in [0.2, 0.25) is 6.79 Å². The first-order valence-corrected chi connectivity index (χ1v) is 8.52. The predicted molar refractivity (Wildman–Crippen MR) is 96.9 cm³/mol. The molecule has 136 valence electrons. The summed E-state index contributed by atoms with van der Waals surface area (Å²) in [5.74, 6) is 0.166. The Balaban J connectivity index is 1.54. The van der Waals surface area contributed by atoms with Gasteiger partial charge in [-0.2, -0.15) is 0 Å². The molecule has 3 rings (SSSR count). The van der Waals surface area contributed by atoms with Gasteiger partial charge in [0.05, 0.1) is 16.5 Å². The lowest BCUT2D eigenvalue weighted by Gasteiger charge is -2.14. The van der Waals surface area contributed by atoms with Crippen molar-refractivity contribution in [3.8, 4) is 11.5 Å². The summed E-state index contributed by atoms with van der Waals surface area (Å²) in [7, 11) is 0. The molecule has 26 heavy (non-hydrogen) atoms. The van der Waals surface area contributed by atoms with E-state index < -0.39 is 18.0 Å². The molecule has 0 bridgehead atoms. The molecule has 0 spiro atoms. The normalized spacial score (nSPS) is 13.2. The third-order valence-electron chi connectivity index (χ3n) is 3.65. The average Bonchev–Trinajstić information content (AvgIpc) is 3.05. The molecule has 1 aliphatic heterocycles. The van der Waals surface area contributed by atoms with Crippen LogP contribution in [-0.2, 0) is 20.7 Å². The van der Waals surface area contributed by atoms with Gasteiger partial charge in [-0.25, -0.2) is 0 Å². The minimum atomic E-state index is -0.962. The van der Waals surface area contributed by atoms with Crippen molar-refractivity contribution in [2.24, 2.45) is 0 Å². The van der Waals surface area contributed by atoms with Gasteiger partial charge in [-0.15, -0.1) is 0 Å². The highest BCUT2D eigenvalue weighted by atomic mass is 35.5. The van der Waals surface area contributed by atoms with E-state index in [9.17, 15) is 9.59 Å². The quantitative estimate of drug-likeness (QED) is 0.778. The minimum Gasteiger partial charge on any atom is -0.454 e. The molecule has 8 heteroatoms. The molecule has 0 aliphatic carbocycles. The van der Waals surface area contributed by atoms with Crippen molar-refractivity contribution in [2.75, 3.05) is 12.1 Å². The highest BCUT2D eigenvalue weighted by Crippen LogP contribution is 2.34. The van der Waals surface area contributed by atoms with Crippen molar-refractivity contribution in [1.29, 1.82) is 0 Å². The van der Waals surface area contributed by atoms with Crippen LogP contribution in [0.25, 0.3) is 0 Å². The first-order chi connectivity index (χ1) is 12.4. The first-order valence-electron chi connectivity index (χ1n) is 7.76. The summed E-state index contributed by atoms with van der Waals surface area (Å²) in [6.07, 6.45) is -0.978. The fraction of sp³-hybridized carbons (Fsp3) is 0.222. The molecule has 0 radical (unpaired) electrons. The van der Waals surface area contributed by atoms with Crippen LogP contribution in [0.3, 0.4) is 0 Å². The van der Waals surface area contributed by atoms with Gasteiger partial charge in [0, 0.05) is 11.8 Å². The second-order valence-electron chi connectivity index (χ2n) is 5.61. The van der Waals surface area contributed by atoms with Crippen molar-refractivity contribution in [3.63, 3.8) is 0 Å². The molecule has 1 N–H and O–H groups in total. The molecule has 1 atom stereocenters. The summed E-state index contributed by atoms with van der Waals surface area (Å²) < 4.78 is 15.6. The Morgan fingerprint density at radius 1 is 1.12 bits per heavy atom. The summed E-state index contributed by atoms with van der Waals surface area (Å²) in [4.78, 5) is 24.2. The van der Waals surface area contributed by atoms with E-state index in [1.807, 2.05) is 0 Å². The third-order valence-corrected chi connectivity index (χ3v) is 4.39. The maximum absolute atomic E-state index is 12.2. The van der Waals surface area contributed by atoms with Crippen molar-refractivity contribution in [2.45, 2.75) is 19.4 Å². The van der Waals surface area contributed by atoms with E-state index in [0.717, 1.165) is 0 Å². The molecule has 6 nitrogen and oxygen atoms in total. The fourth-order valence-electron chi connectivity index (χ4n) is 2.33. The van der Waals surface area contributed by atoms with E-state index in [-0.39, 0.29) is 13.2 Å². The van der Waals surface area contributed by atoms with Gasteiger partial charge in [-0.3, -0.25) is 9.59 Å². The number of anilines is 1. The molecule has 0 saturated carbocycles. The zero-order chi connectivity index (χ0) is 18.7. The Bertz CT molecular complexity index is 855. The van der Waals surface area contributed by atoms with Crippen LogP contribution in [0.2, 0.25) is 10.0 Å². The molecule has 1 amide bonds. The van der Waals surface area contributed by atoms with E-state index in [4.69, 9.17) is 37.4 Å². The summed E-state index contributed by atoms with van der Waals surface area (Å²) >= 11 is 11.8. The van der Waals surface area contributed by atoms with Gasteiger partial charge in [-0.1, -0.05) is 29.3 Å². The van der Waals surface area contributed by atoms with Crippen molar-refractivity contribution >= 4 is 40.8 Å². The number of nitrogens with one attached hydrogen (secondary N) is 1. The van der Waals surface area contributed by atoms with Crippen LogP contribution in [0, 0.1) is 0 Å². The van der Waals surface area contributed by atoms with Crippen LogP contribution in [0.4, 0.5) is 5.69 Å². The lowest BCUT2D eigenvalue weighted by molar-refractivity contribution is -0.152. The number of carbonyl (C=O) groups is 2. The number of rotatable bonds is 5. The van der Waals surface area contributed by atoms with E-state index in [2.05, 4.69) is 5.32 Å². The van der Waals surface area contributed by atoms with Gasteiger partial charge in [-0.05, 0) is 36.8 Å². The van der Waals surface area contributed by atoms with Gasteiger partial charge >= 0.3 is 5.97 Å². The summed E-state index contributed by atoms with van der Waals surface area (Å²) in [6.45, 7) is 1.64. The molecule has 1 unspecified atom stereocenters. The summed E-state index contributed by atoms with van der Waals surface area (Å²) in [5.41, 5.74) is 1.17. The van der Waals surface area contributed by atoms with Crippen molar-refractivity contribution in [3.05, 3.63) is 52.0 Å². The van der Waals surface area contributed by atoms with Gasteiger partial charge in [0.1, 0.15) is 0 Å². The molecule has 0 fully saturated rings. The molecular weight excluding hydrogens is 381 g/mol. The number of carbonyl (C=O) groups excluding carboxylic acids is 2. The Labute approximate surface area is 159 Å². The third kappa shape index (κ3) is 4.39. The van der Waals surface area contributed by atoms with Crippen LogP contribution in [0.15, 0.2) is 36.4 Å². The molecule has 0 aromatic heterocycles. The summed E-state index contributed by atoms with van der Waals surface area (Å²) in [5, 5.41) is 3.42. The van der Waals surface area contributed by atoms with Gasteiger partial charge in [0.25, 0.3) is 5.91 Å². The van der Waals surface area contributed by atoms with Crippen LogP contribution in [0.5, 0.6) is 11.5 Å². The Morgan fingerprint density at radius 3 is 2.65 bits per heavy atom. The highest BCUT2D eigenvalue weighted by molar-refractivity contribution is 6.42. The zero-order valence-corrected chi connectivity index (χ0v) is 15.3. The number of halogens is 2. The predicted octanol–water partition coefficient (Wildman–Crippen LogP) is 3.84. The standard InChI is InChI=1S/C18H15Cl2NO5/c1-10(26-17(22)7-11-2-4-13(19)14(20)6-11)18(23)21-12-3-5-15-16(8-12)25-9-24-15/h2-6,8,10H,7,9H2,1H3,(H,21,23). The second kappa shape index (κ2) is 7.85. The number of benzene rings is 2. The van der Waals surface area contributed by atoms with E-state index in [1.54, 1.807) is 36.4 Å². The minimum absolute atomic E-state index is 0.0153. The Kier molecular flexibility index (Phi) is 5.54. The number of hydrogen-bond acceptors (Lipinski definition) is 5. The van der Waals surface area contributed by atoms with Crippen LogP contribution >= 0.6 is 23.2 Å². The molecular formula is C18H15Cl2NO5.